The van der Waals surface area contributed by atoms with Gasteiger partial charge >= 0.3 is 6.09 Å². The lowest BCUT2D eigenvalue weighted by molar-refractivity contribution is 0.150. The quantitative estimate of drug-likeness (QED) is 0.482. The van der Waals surface area contributed by atoms with Gasteiger partial charge < -0.3 is 9.63 Å². The molecule has 0 radical (unpaired) electrons. The van der Waals surface area contributed by atoms with Gasteiger partial charge in [0.25, 0.3) is 0 Å². The summed E-state index contributed by atoms with van der Waals surface area (Å²) >= 11 is 4.40. The molecule has 1 unspecified atom stereocenters. The number of hydrogen-bond acceptors (Lipinski definition) is 3. The maximum atomic E-state index is 10.8. The van der Waals surface area contributed by atoms with Crippen molar-refractivity contribution in [2.24, 2.45) is 5.50 Å². The number of nitrogens with one attached hydrogen (secondary N) is 1. The van der Waals surface area contributed by atoms with Crippen LogP contribution in [-0.4, -0.2) is 17.6 Å². The highest BCUT2D eigenvalue weighted by atomic mass is 32.4. The molecule has 4 N–H and O–H groups in total. The first-order chi connectivity index (χ1) is 5.95. The molecule has 0 saturated carbocycles. The van der Waals surface area contributed by atoms with Crippen molar-refractivity contribution in [3.63, 3.8) is 0 Å². The first-order valence-corrected chi connectivity index (χ1v) is 6.84. The number of amides is 1. The third-order valence-corrected chi connectivity index (χ3v) is 2.01. The first kappa shape index (κ1) is 12.8. The van der Waals surface area contributed by atoms with Crippen LogP contribution in [0.2, 0.25) is 0 Å². The molecule has 7 heteroatoms. The van der Waals surface area contributed by atoms with Crippen LogP contribution in [0.15, 0.2) is 0 Å². The molecular weight excluding hydrogens is 211 g/mol. The zero-order valence-corrected chi connectivity index (χ0v) is 9.24. The van der Waals surface area contributed by atoms with Crippen LogP contribution in [0.25, 0.3) is 0 Å². The summed E-state index contributed by atoms with van der Waals surface area (Å²) in [6.45, 7) is -0.791. The normalized spacial score (nSPS) is 14.7. The molecule has 0 aromatic rings. The van der Waals surface area contributed by atoms with E-state index in [4.69, 9.17) is 15.1 Å². The molecule has 0 aliphatic heterocycles. The fourth-order valence-electron chi connectivity index (χ4n) is 0.680. The molecule has 1 atom stereocenters. The van der Waals surface area contributed by atoms with E-state index in [-0.39, 0.29) is 0 Å². The monoisotopic (exact) mass is 226 g/mol. The van der Waals surface area contributed by atoms with Gasteiger partial charge in [-0.3, -0.25) is 10.6 Å². The predicted octanol–water partition coefficient (Wildman–Crippen LogP) is 1.08. The van der Waals surface area contributed by atoms with Crippen molar-refractivity contribution in [2.45, 2.75) is 26.2 Å². The summed E-state index contributed by atoms with van der Waals surface area (Å²) in [5.41, 5.74) is 5.04. The second kappa shape index (κ2) is 6.32. The van der Waals surface area contributed by atoms with Crippen LogP contribution in [0.5, 0.6) is 0 Å². The molecule has 5 nitrogen and oxygen atoms in total. The Morgan fingerprint density at radius 3 is 2.77 bits per heavy atom. The molecule has 0 aliphatic rings. The van der Waals surface area contributed by atoms with Crippen molar-refractivity contribution < 1.29 is 14.4 Å². The summed E-state index contributed by atoms with van der Waals surface area (Å²) < 4.78 is 4.69. The molecule has 0 rings (SSSR count). The van der Waals surface area contributed by atoms with Gasteiger partial charge in [-0.15, -0.1) is 0 Å². The third-order valence-electron chi connectivity index (χ3n) is 1.23. The first-order valence-electron chi connectivity index (χ1n) is 4.02. The lowest BCUT2D eigenvalue weighted by atomic mass is 10.3. The molecule has 0 heterocycles. The fourth-order valence-corrected chi connectivity index (χ4v) is 1.23. The van der Waals surface area contributed by atoms with Gasteiger partial charge in [0.15, 0.2) is 0 Å². The Kier molecular flexibility index (Phi) is 6.24. The van der Waals surface area contributed by atoms with Gasteiger partial charge in [0.1, 0.15) is 0 Å². The number of ether oxygens (including phenoxy) is 1. The highest BCUT2D eigenvalue weighted by Crippen LogP contribution is 2.23. The Labute approximate surface area is 82.8 Å². The van der Waals surface area contributed by atoms with E-state index in [1.807, 2.05) is 12.0 Å². The molecule has 0 saturated heterocycles. The van der Waals surface area contributed by atoms with Crippen LogP contribution >= 0.6 is 6.57 Å². The van der Waals surface area contributed by atoms with Gasteiger partial charge in [-0.05, 0) is 18.2 Å². The molecule has 1 amide bonds. The minimum atomic E-state index is -3.17. The van der Waals surface area contributed by atoms with Crippen molar-refractivity contribution in [3.05, 3.63) is 0 Å². The summed E-state index contributed by atoms with van der Waals surface area (Å²) in [5.74, 6) is 0. The Morgan fingerprint density at radius 1 is 1.69 bits per heavy atom. The van der Waals surface area contributed by atoms with Gasteiger partial charge in [0, 0.05) is 0 Å². The summed E-state index contributed by atoms with van der Waals surface area (Å²) in [5, 5.41) is 1.99. The van der Waals surface area contributed by atoms with E-state index in [1.54, 1.807) is 0 Å². The number of hydrogen-bond donors (Lipinski definition) is 3. The van der Waals surface area contributed by atoms with E-state index >= 15 is 0 Å². The Hall–Kier alpha value is -0.160. The molecule has 0 aliphatic carbocycles. The molecule has 0 spiro atoms. The van der Waals surface area contributed by atoms with Crippen LogP contribution < -0.4 is 10.6 Å². The van der Waals surface area contributed by atoms with Crippen molar-refractivity contribution >= 4 is 24.5 Å². The van der Waals surface area contributed by atoms with E-state index in [2.05, 4.69) is 11.8 Å². The summed E-state index contributed by atoms with van der Waals surface area (Å²) in [6.07, 6.45) is 2.12. The maximum absolute atomic E-state index is 10.8. The van der Waals surface area contributed by atoms with Crippen molar-refractivity contribution in [1.29, 1.82) is 0 Å². The van der Waals surface area contributed by atoms with E-state index < -0.39 is 12.7 Å². The van der Waals surface area contributed by atoms with Crippen LogP contribution in [0.4, 0.5) is 4.79 Å². The summed E-state index contributed by atoms with van der Waals surface area (Å²) in [7, 11) is 0. The molecular formula is C6H15N2O3PS. The smallest absolute Gasteiger partial charge is 0.413 e. The third kappa shape index (κ3) is 9.76. The maximum Gasteiger partial charge on any atom is 0.413 e. The summed E-state index contributed by atoms with van der Waals surface area (Å²) in [4.78, 5) is 19.7. The molecule has 0 fully saturated rings. The minimum absolute atomic E-state index is 0.328. The van der Waals surface area contributed by atoms with Gasteiger partial charge in [-0.25, -0.2) is 4.79 Å². The van der Waals surface area contributed by atoms with E-state index in [1.165, 1.54) is 0 Å². The van der Waals surface area contributed by atoms with Gasteiger partial charge in [0.05, 0.1) is 6.61 Å². The zero-order chi connectivity index (χ0) is 10.3. The molecule has 0 aromatic heterocycles. The SMILES string of the molecule is CCCCCOC(=O)NP(N)(O)=S. The average molecular weight is 226 g/mol. The lowest BCUT2D eigenvalue weighted by Crippen LogP contribution is -2.24. The fraction of sp³-hybridized carbons (Fsp3) is 0.833. The highest BCUT2D eigenvalue weighted by Gasteiger charge is 2.10. The second-order valence-electron chi connectivity index (χ2n) is 2.58. The zero-order valence-electron chi connectivity index (χ0n) is 7.52. The summed E-state index contributed by atoms with van der Waals surface area (Å²) in [6, 6.07) is 0. The number of rotatable bonds is 5. The number of carbonyl (C=O) groups is 1. The van der Waals surface area contributed by atoms with Crippen molar-refractivity contribution in [2.75, 3.05) is 6.61 Å². The molecule has 13 heavy (non-hydrogen) atoms. The van der Waals surface area contributed by atoms with E-state index in [0.717, 1.165) is 19.3 Å². The van der Waals surface area contributed by atoms with Gasteiger partial charge in [-0.2, -0.15) is 0 Å². The van der Waals surface area contributed by atoms with Crippen molar-refractivity contribution in [1.82, 2.24) is 5.09 Å². The number of nitrogens with two attached hydrogens (primary N) is 1. The predicted molar refractivity (Wildman–Crippen MR) is 54.7 cm³/mol. The van der Waals surface area contributed by atoms with Crippen molar-refractivity contribution in [3.8, 4) is 0 Å². The van der Waals surface area contributed by atoms with Gasteiger partial charge in [0.2, 0.25) is 6.57 Å². The Balaban J connectivity index is 3.47. The van der Waals surface area contributed by atoms with Crippen LogP contribution in [0, 0.1) is 0 Å². The second-order valence-corrected chi connectivity index (χ2v) is 5.72. The average Bonchev–Trinajstić information content (AvgIpc) is 1.94. The van der Waals surface area contributed by atoms with Gasteiger partial charge in [-0.1, -0.05) is 19.8 Å². The minimum Gasteiger partial charge on any atom is -0.449 e. The van der Waals surface area contributed by atoms with Crippen LogP contribution in [-0.2, 0) is 16.5 Å². The lowest BCUT2D eigenvalue weighted by Gasteiger charge is -2.10. The van der Waals surface area contributed by atoms with Crippen LogP contribution in [0.1, 0.15) is 26.2 Å². The van der Waals surface area contributed by atoms with E-state index in [0.29, 0.717) is 6.61 Å². The molecule has 0 aromatic carbocycles. The number of unbranched alkanes of at least 4 members (excludes halogenated alkanes) is 2. The largest absolute Gasteiger partial charge is 0.449 e. The Bertz CT molecular complexity index is 206. The van der Waals surface area contributed by atoms with E-state index in [9.17, 15) is 4.79 Å². The molecule has 0 bridgehead atoms. The number of carbonyl (C=O) groups excluding carboxylic acids is 1. The highest BCUT2D eigenvalue weighted by molar-refractivity contribution is 8.09. The standard InChI is InChI=1S/C6H15N2O3PS/c1-2-3-4-5-11-6(9)8-12(7,10)13/h2-5H2,1H3,(H4,7,8,9,10,13). The topological polar surface area (TPSA) is 84.6 Å². The van der Waals surface area contributed by atoms with Crippen LogP contribution in [0.3, 0.4) is 0 Å². The Morgan fingerprint density at radius 2 is 2.31 bits per heavy atom. The molecule has 78 valence electrons.